The van der Waals surface area contributed by atoms with Gasteiger partial charge in [0, 0.05) is 0 Å². The van der Waals surface area contributed by atoms with Crippen LogP contribution in [0.4, 0.5) is 26.3 Å². The molecule has 0 aromatic rings. The summed E-state index contributed by atoms with van der Waals surface area (Å²) in [6.45, 7) is 0.0838. The van der Waals surface area contributed by atoms with Crippen molar-refractivity contribution in [2.24, 2.45) is 0 Å². The molecule has 0 saturated carbocycles. The third-order valence-electron chi connectivity index (χ3n) is 1.93. The first-order valence-electron chi connectivity index (χ1n) is 4.31. The Morgan fingerprint density at radius 1 is 1.18 bits per heavy atom. The van der Waals surface area contributed by atoms with Crippen molar-refractivity contribution >= 4 is 0 Å². The smallest absolute Gasteiger partial charge is 0.358 e. The first kappa shape index (κ1) is 16.0. The van der Waals surface area contributed by atoms with Crippen LogP contribution >= 0.6 is 0 Å². The van der Waals surface area contributed by atoms with Gasteiger partial charge in [-0.2, -0.15) is 31.6 Å². The van der Waals surface area contributed by atoms with Crippen LogP contribution < -0.4 is 5.32 Å². The Kier molecular flexibility index (Phi) is 4.79. The van der Waals surface area contributed by atoms with E-state index in [1.165, 1.54) is 13.1 Å². The number of nitrogens with zero attached hydrogens (tertiary/aromatic N) is 1. The number of nitrogens with one attached hydrogen (secondary N) is 1. The van der Waals surface area contributed by atoms with Crippen LogP contribution in [0.25, 0.3) is 0 Å². The molecule has 100 valence electrons. The Hall–Kier alpha value is -1.01. The van der Waals surface area contributed by atoms with Crippen LogP contribution in [0.3, 0.4) is 0 Å². The summed E-state index contributed by atoms with van der Waals surface area (Å²) in [4.78, 5) is 0. The predicted octanol–water partition coefficient (Wildman–Crippen LogP) is 2.00. The van der Waals surface area contributed by atoms with Crippen LogP contribution in [0.15, 0.2) is 0 Å². The van der Waals surface area contributed by atoms with E-state index >= 15 is 0 Å². The van der Waals surface area contributed by atoms with E-state index in [2.05, 4.69) is 10.1 Å². The summed E-state index contributed by atoms with van der Waals surface area (Å²) in [6, 6.07) is 1.52. The second kappa shape index (κ2) is 5.10. The Balaban J connectivity index is 4.77. The number of rotatable bonds is 4. The van der Waals surface area contributed by atoms with Crippen LogP contribution in [0.5, 0.6) is 0 Å². The molecule has 0 radical (unpaired) electrons. The molecular weight excluding hydrogens is 254 g/mol. The molecule has 1 unspecified atom stereocenters. The second-order valence-corrected chi connectivity index (χ2v) is 3.47. The molecule has 9 heteroatoms. The molecule has 1 atom stereocenters. The fourth-order valence-corrected chi connectivity index (χ4v) is 0.785. The van der Waals surface area contributed by atoms with Gasteiger partial charge in [0.05, 0.1) is 12.7 Å². The topological polar surface area (TPSA) is 45.0 Å². The fourth-order valence-electron chi connectivity index (χ4n) is 0.785. The molecule has 3 nitrogen and oxygen atoms in total. The number of alkyl halides is 6. The quantitative estimate of drug-likeness (QED) is 0.790. The van der Waals surface area contributed by atoms with Gasteiger partial charge in [-0.25, -0.2) is 0 Å². The van der Waals surface area contributed by atoms with E-state index in [9.17, 15) is 26.3 Å². The van der Waals surface area contributed by atoms with Gasteiger partial charge in [0.15, 0.2) is 0 Å². The molecule has 0 aliphatic carbocycles. The number of hydrogen-bond donors (Lipinski definition) is 1. The Bertz CT molecular complexity index is 280. The lowest BCUT2D eigenvalue weighted by atomic mass is 10.1. The zero-order valence-electron chi connectivity index (χ0n) is 8.91. The van der Waals surface area contributed by atoms with Crippen molar-refractivity contribution in [3.8, 4) is 6.07 Å². The lowest BCUT2D eigenvalue weighted by molar-refractivity contribution is -0.323. The zero-order chi connectivity index (χ0) is 13.9. The normalized spacial score (nSPS) is 16.7. The lowest BCUT2D eigenvalue weighted by Crippen LogP contribution is -2.50. The molecule has 0 heterocycles. The van der Waals surface area contributed by atoms with Crippen LogP contribution in [0, 0.1) is 11.3 Å². The van der Waals surface area contributed by atoms with Crippen molar-refractivity contribution in [1.82, 2.24) is 5.32 Å². The van der Waals surface area contributed by atoms with Crippen LogP contribution in [-0.2, 0) is 4.74 Å². The van der Waals surface area contributed by atoms with Crippen molar-refractivity contribution in [2.75, 3.05) is 13.7 Å². The van der Waals surface area contributed by atoms with Crippen LogP contribution in [0.2, 0.25) is 0 Å². The van der Waals surface area contributed by atoms with Gasteiger partial charge in [0.25, 0.3) is 0 Å². The summed E-state index contributed by atoms with van der Waals surface area (Å²) in [6.07, 6.45) is -15.0. The molecule has 0 fully saturated rings. The van der Waals surface area contributed by atoms with E-state index in [0.29, 0.717) is 0 Å². The summed E-state index contributed by atoms with van der Waals surface area (Å²) in [5, 5.41) is 10.8. The largest absolute Gasteiger partial charge is 0.423 e. The maximum Gasteiger partial charge on any atom is 0.423 e. The van der Waals surface area contributed by atoms with Crippen molar-refractivity contribution < 1.29 is 31.1 Å². The minimum Gasteiger partial charge on any atom is -0.358 e. The average molecular weight is 264 g/mol. The molecule has 17 heavy (non-hydrogen) atoms. The van der Waals surface area contributed by atoms with Gasteiger partial charge in [-0.1, -0.05) is 0 Å². The maximum atomic E-state index is 12.1. The monoisotopic (exact) mass is 264 g/mol. The molecule has 0 aliphatic heterocycles. The van der Waals surface area contributed by atoms with Crippen molar-refractivity contribution in [1.29, 1.82) is 5.26 Å². The van der Waals surface area contributed by atoms with E-state index < -0.39 is 30.6 Å². The number of ether oxygens (including phenoxy) is 1. The third kappa shape index (κ3) is 4.79. The zero-order valence-corrected chi connectivity index (χ0v) is 8.91. The Morgan fingerprint density at radius 3 is 1.82 bits per heavy atom. The average Bonchev–Trinajstić information content (AvgIpc) is 2.13. The molecular formula is C8H10F6N2O. The SMILES string of the molecule is CNC(C)(C#N)COC(C(F)(F)F)C(F)(F)F. The molecule has 0 saturated heterocycles. The van der Waals surface area contributed by atoms with Gasteiger partial charge < -0.3 is 10.1 Å². The summed E-state index contributed by atoms with van der Waals surface area (Å²) >= 11 is 0. The number of likely N-dealkylation sites (N-methyl/N-ethyl adjacent to an activating group) is 1. The number of hydrogen-bond acceptors (Lipinski definition) is 3. The predicted molar refractivity (Wildman–Crippen MR) is 44.9 cm³/mol. The number of halogens is 6. The molecule has 0 aromatic heterocycles. The van der Waals surface area contributed by atoms with Gasteiger partial charge >= 0.3 is 12.4 Å². The fraction of sp³-hybridized carbons (Fsp3) is 0.875. The van der Waals surface area contributed by atoms with E-state index in [1.807, 2.05) is 0 Å². The summed E-state index contributed by atoms with van der Waals surface area (Å²) in [7, 11) is 1.22. The standard InChI is InChI=1S/C8H10F6N2O/c1-6(3-15,16-2)4-17-5(7(9,10)11)8(12,13)14/h5,16H,4H2,1-2H3. The molecule has 1 N–H and O–H groups in total. The highest BCUT2D eigenvalue weighted by Gasteiger charge is 2.58. The summed E-state index contributed by atoms with van der Waals surface area (Å²) in [5.74, 6) is 0. The Morgan fingerprint density at radius 2 is 1.59 bits per heavy atom. The first-order chi connectivity index (χ1) is 7.46. The molecule has 0 spiro atoms. The second-order valence-electron chi connectivity index (χ2n) is 3.47. The minimum absolute atomic E-state index is 1.04. The molecule has 0 aromatic carbocycles. The maximum absolute atomic E-state index is 12.1. The minimum atomic E-state index is -5.57. The van der Waals surface area contributed by atoms with E-state index in [-0.39, 0.29) is 0 Å². The molecule has 0 aliphatic rings. The molecule has 0 amide bonds. The van der Waals surface area contributed by atoms with E-state index in [1.54, 1.807) is 0 Å². The summed E-state index contributed by atoms with van der Waals surface area (Å²) < 4.78 is 76.1. The van der Waals surface area contributed by atoms with Gasteiger partial charge in [-0.3, -0.25) is 0 Å². The van der Waals surface area contributed by atoms with Crippen molar-refractivity contribution in [3.05, 3.63) is 0 Å². The van der Waals surface area contributed by atoms with Crippen LogP contribution in [-0.4, -0.2) is 37.7 Å². The summed E-state index contributed by atoms with van der Waals surface area (Å²) in [5.41, 5.74) is -1.62. The van der Waals surface area contributed by atoms with Crippen LogP contribution in [0.1, 0.15) is 6.92 Å². The van der Waals surface area contributed by atoms with Crippen molar-refractivity contribution in [2.45, 2.75) is 30.9 Å². The van der Waals surface area contributed by atoms with E-state index in [0.717, 1.165) is 6.92 Å². The highest BCUT2D eigenvalue weighted by molar-refractivity contribution is 5.03. The van der Waals surface area contributed by atoms with Gasteiger partial charge in [0.2, 0.25) is 6.10 Å². The Labute approximate surface area is 93.3 Å². The molecule has 0 rings (SSSR count). The third-order valence-corrected chi connectivity index (χ3v) is 1.93. The lowest BCUT2D eigenvalue weighted by Gasteiger charge is -2.27. The van der Waals surface area contributed by atoms with E-state index in [4.69, 9.17) is 5.26 Å². The highest BCUT2D eigenvalue weighted by Crippen LogP contribution is 2.35. The van der Waals surface area contributed by atoms with Gasteiger partial charge in [-0.05, 0) is 14.0 Å². The highest BCUT2D eigenvalue weighted by atomic mass is 19.4. The van der Waals surface area contributed by atoms with Crippen molar-refractivity contribution in [3.63, 3.8) is 0 Å². The van der Waals surface area contributed by atoms with Gasteiger partial charge in [-0.15, -0.1) is 0 Å². The number of nitriles is 1. The first-order valence-corrected chi connectivity index (χ1v) is 4.31. The molecule has 0 bridgehead atoms. The van der Waals surface area contributed by atoms with Gasteiger partial charge in [0.1, 0.15) is 5.54 Å².